The van der Waals surface area contributed by atoms with Crippen molar-refractivity contribution in [2.24, 2.45) is 0 Å². The van der Waals surface area contributed by atoms with Crippen molar-refractivity contribution in [3.8, 4) is 0 Å². The second kappa shape index (κ2) is 17.5. The van der Waals surface area contributed by atoms with Crippen molar-refractivity contribution in [1.82, 2.24) is 4.90 Å². The minimum Gasteiger partial charge on any atom is -0.503 e. The monoisotopic (exact) mass is 543 g/mol. The molecule has 216 valence electrons. The van der Waals surface area contributed by atoms with E-state index >= 15 is 0 Å². The smallest absolute Gasteiger partial charge is 0.290 e. The molecular formula is C36H49NO3. The molecule has 2 aromatic rings. The summed E-state index contributed by atoms with van der Waals surface area (Å²) in [6, 6.07) is 16.9. The maximum absolute atomic E-state index is 13.3. The van der Waals surface area contributed by atoms with Crippen molar-refractivity contribution in [1.29, 1.82) is 0 Å². The Labute approximate surface area is 242 Å². The van der Waals surface area contributed by atoms with Crippen LogP contribution >= 0.6 is 0 Å². The summed E-state index contributed by atoms with van der Waals surface area (Å²) in [5, 5.41) is 10.8. The Morgan fingerprint density at radius 2 is 1.30 bits per heavy atom. The molecule has 3 rings (SSSR count). The largest absolute Gasteiger partial charge is 0.503 e. The molecule has 0 aromatic heterocycles. The van der Waals surface area contributed by atoms with Crippen LogP contribution in [-0.4, -0.2) is 28.2 Å². The van der Waals surface area contributed by atoms with Gasteiger partial charge >= 0.3 is 0 Å². The standard InChI is InChI=1S/C36H49NO3/c1-3-4-5-6-7-8-9-10-11-12-13-14-15-19-28-37-34(31-25-22-29(2)23-26-31)33(35(39)36(37)40)32(38)27-24-30-20-17-16-18-21-30/h16-18,20-27,34,39H,3-15,19,28H2,1-2H3/b27-24+/t34-/m1/s1. The van der Waals surface area contributed by atoms with E-state index < -0.39 is 17.7 Å². The highest BCUT2D eigenvalue weighted by Crippen LogP contribution is 2.38. The number of allylic oxidation sites excluding steroid dienone is 1. The lowest BCUT2D eigenvalue weighted by Crippen LogP contribution is -2.32. The lowest BCUT2D eigenvalue weighted by Gasteiger charge is -2.26. The summed E-state index contributed by atoms with van der Waals surface area (Å²) in [5.41, 5.74) is 3.03. The number of unbranched alkanes of at least 4 members (excludes halogenated alkanes) is 13. The Morgan fingerprint density at radius 3 is 1.85 bits per heavy atom. The molecule has 0 bridgehead atoms. The SMILES string of the molecule is CCCCCCCCCCCCCCCCN1C(=O)C(O)=C(C(=O)/C=C/c2ccccc2)[C@H]1c1ccc(C)cc1. The molecule has 0 fully saturated rings. The minimum absolute atomic E-state index is 0.173. The first-order valence-corrected chi connectivity index (χ1v) is 15.6. The van der Waals surface area contributed by atoms with Gasteiger partial charge in [-0.2, -0.15) is 0 Å². The van der Waals surface area contributed by atoms with Gasteiger partial charge in [-0.25, -0.2) is 0 Å². The van der Waals surface area contributed by atoms with Crippen LogP contribution in [0.5, 0.6) is 0 Å². The number of amides is 1. The first-order chi connectivity index (χ1) is 19.5. The summed E-state index contributed by atoms with van der Waals surface area (Å²) in [4.78, 5) is 28.1. The average Bonchev–Trinajstić information content (AvgIpc) is 3.22. The minimum atomic E-state index is -0.567. The third-order valence-electron chi connectivity index (χ3n) is 7.94. The number of rotatable bonds is 19. The van der Waals surface area contributed by atoms with E-state index in [0.29, 0.717) is 6.54 Å². The second-order valence-corrected chi connectivity index (χ2v) is 11.3. The zero-order valence-electron chi connectivity index (χ0n) is 24.7. The predicted octanol–water partition coefficient (Wildman–Crippen LogP) is 9.45. The maximum atomic E-state index is 13.3. The van der Waals surface area contributed by atoms with E-state index in [0.717, 1.165) is 36.0 Å². The van der Waals surface area contributed by atoms with Crippen LogP contribution in [0.3, 0.4) is 0 Å². The van der Waals surface area contributed by atoms with Crippen LogP contribution in [0.4, 0.5) is 0 Å². The fourth-order valence-corrected chi connectivity index (χ4v) is 5.53. The number of ketones is 1. The normalized spacial score (nSPS) is 15.5. The molecule has 1 aliphatic heterocycles. The van der Waals surface area contributed by atoms with E-state index in [1.54, 1.807) is 11.0 Å². The summed E-state index contributed by atoms with van der Waals surface area (Å²) >= 11 is 0. The molecule has 4 nitrogen and oxygen atoms in total. The van der Waals surface area contributed by atoms with Crippen molar-refractivity contribution >= 4 is 17.8 Å². The molecule has 1 heterocycles. The topological polar surface area (TPSA) is 57.6 Å². The molecule has 1 aliphatic rings. The molecule has 40 heavy (non-hydrogen) atoms. The summed E-state index contributed by atoms with van der Waals surface area (Å²) in [6.07, 6.45) is 21.0. The van der Waals surface area contributed by atoms with Crippen molar-refractivity contribution in [3.63, 3.8) is 0 Å². The molecule has 0 spiro atoms. The Hall–Kier alpha value is -3.14. The maximum Gasteiger partial charge on any atom is 0.290 e. The average molecular weight is 544 g/mol. The molecule has 1 amide bonds. The van der Waals surface area contributed by atoms with Crippen LogP contribution in [-0.2, 0) is 9.59 Å². The van der Waals surface area contributed by atoms with Crippen LogP contribution < -0.4 is 0 Å². The highest BCUT2D eigenvalue weighted by molar-refractivity contribution is 6.14. The van der Waals surface area contributed by atoms with Crippen LogP contribution in [0.1, 0.15) is 120 Å². The Bertz CT molecular complexity index is 1100. The van der Waals surface area contributed by atoms with Crippen molar-refractivity contribution in [2.45, 2.75) is 110 Å². The highest BCUT2D eigenvalue weighted by atomic mass is 16.3. The molecule has 4 heteroatoms. The number of hydrogen-bond acceptors (Lipinski definition) is 3. The molecule has 1 atom stereocenters. The third-order valence-corrected chi connectivity index (χ3v) is 7.94. The lowest BCUT2D eigenvalue weighted by atomic mass is 9.94. The van der Waals surface area contributed by atoms with Gasteiger partial charge in [0, 0.05) is 6.54 Å². The number of benzene rings is 2. The number of nitrogens with zero attached hydrogens (tertiary/aromatic N) is 1. The molecule has 0 saturated carbocycles. The van der Waals surface area contributed by atoms with Crippen LogP contribution in [0.2, 0.25) is 0 Å². The first-order valence-electron chi connectivity index (χ1n) is 15.6. The van der Waals surface area contributed by atoms with Gasteiger partial charge in [0.2, 0.25) is 0 Å². The van der Waals surface area contributed by atoms with E-state index in [1.165, 1.54) is 76.7 Å². The molecule has 0 aliphatic carbocycles. The number of carbonyl (C=O) groups is 2. The zero-order valence-corrected chi connectivity index (χ0v) is 24.7. The summed E-state index contributed by atoms with van der Waals surface area (Å²) in [7, 11) is 0. The van der Waals surface area contributed by atoms with Gasteiger partial charge in [-0.3, -0.25) is 9.59 Å². The van der Waals surface area contributed by atoms with Gasteiger partial charge in [0.25, 0.3) is 5.91 Å². The Balaban J connectivity index is 1.49. The van der Waals surface area contributed by atoms with Gasteiger partial charge in [0.15, 0.2) is 11.5 Å². The first kappa shape index (κ1) is 31.4. The fraction of sp³-hybridized carbons (Fsp3) is 0.500. The molecule has 1 N–H and O–H groups in total. The van der Waals surface area contributed by atoms with Gasteiger partial charge < -0.3 is 10.0 Å². The molecule has 0 radical (unpaired) electrons. The van der Waals surface area contributed by atoms with Crippen LogP contribution in [0.15, 0.2) is 72.0 Å². The molecule has 0 unspecified atom stereocenters. The van der Waals surface area contributed by atoms with E-state index in [9.17, 15) is 14.7 Å². The van der Waals surface area contributed by atoms with Gasteiger partial charge in [0.05, 0.1) is 11.6 Å². The second-order valence-electron chi connectivity index (χ2n) is 11.3. The number of carbonyl (C=O) groups excluding carboxylic acids is 2. The van der Waals surface area contributed by atoms with E-state index in [-0.39, 0.29) is 11.4 Å². The fourth-order valence-electron chi connectivity index (χ4n) is 5.53. The summed E-state index contributed by atoms with van der Waals surface area (Å²) in [6.45, 7) is 4.80. The van der Waals surface area contributed by atoms with E-state index in [1.807, 2.05) is 61.5 Å². The van der Waals surface area contributed by atoms with Crippen LogP contribution in [0.25, 0.3) is 6.08 Å². The van der Waals surface area contributed by atoms with Crippen LogP contribution in [0, 0.1) is 6.92 Å². The van der Waals surface area contributed by atoms with Crippen molar-refractivity contribution < 1.29 is 14.7 Å². The van der Waals surface area contributed by atoms with Gasteiger partial charge in [-0.1, -0.05) is 157 Å². The van der Waals surface area contributed by atoms with Gasteiger partial charge in [0.1, 0.15) is 0 Å². The zero-order chi connectivity index (χ0) is 28.6. The predicted molar refractivity (Wildman–Crippen MR) is 166 cm³/mol. The number of aryl methyl sites for hydroxylation is 1. The summed E-state index contributed by atoms with van der Waals surface area (Å²) < 4.78 is 0. The van der Waals surface area contributed by atoms with Gasteiger partial charge in [-0.15, -0.1) is 0 Å². The quantitative estimate of drug-likeness (QED) is 0.142. The highest BCUT2D eigenvalue weighted by Gasteiger charge is 2.42. The molecule has 0 saturated heterocycles. The lowest BCUT2D eigenvalue weighted by molar-refractivity contribution is -0.129. The summed E-state index contributed by atoms with van der Waals surface area (Å²) in [5.74, 6) is -1.20. The third kappa shape index (κ3) is 9.80. The number of hydrogen-bond donors (Lipinski definition) is 1. The number of aliphatic hydroxyl groups excluding tert-OH is 1. The van der Waals surface area contributed by atoms with Gasteiger partial charge in [-0.05, 0) is 30.5 Å². The molecule has 2 aromatic carbocycles. The molecular weight excluding hydrogens is 494 g/mol. The Kier molecular flexibility index (Phi) is 13.8. The van der Waals surface area contributed by atoms with Crippen molar-refractivity contribution in [3.05, 3.63) is 88.7 Å². The number of aliphatic hydroxyl groups is 1. The Morgan fingerprint density at radius 1 is 0.775 bits per heavy atom. The van der Waals surface area contributed by atoms with E-state index in [4.69, 9.17) is 0 Å². The van der Waals surface area contributed by atoms with Crippen molar-refractivity contribution in [2.75, 3.05) is 6.54 Å². The van der Waals surface area contributed by atoms with E-state index in [2.05, 4.69) is 6.92 Å².